The van der Waals surface area contributed by atoms with Gasteiger partial charge < -0.3 is 11.1 Å². The summed E-state index contributed by atoms with van der Waals surface area (Å²) in [5, 5.41) is 5.15. The first-order valence-corrected chi connectivity index (χ1v) is 6.15. The van der Waals surface area contributed by atoms with Crippen LogP contribution >= 0.6 is 11.3 Å². The molecular formula is C10H15N3OS. The first-order valence-electron chi connectivity index (χ1n) is 5.27. The van der Waals surface area contributed by atoms with Gasteiger partial charge in [-0.1, -0.05) is 19.3 Å². The molecule has 1 aliphatic rings. The number of nitrogens with two attached hydrogens (primary N) is 1. The Morgan fingerprint density at radius 3 is 2.80 bits per heavy atom. The van der Waals surface area contributed by atoms with Crippen molar-refractivity contribution in [3.8, 4) is 0 Å². The molecule has 0 aromatic carbocycles. The number of rotatable bonds is 2. The molecule has 0 unspecified atom stereocenters. The van der Waals surface area contributed by atoms with E-state index in [4.69, 9.17) is 5.73 Å². The number of nitrogen functional groups attached to an aromatic ring is 1. The average molecular weight is 225 g/mol. The van der Waals surface area contributed by atoms with Crippen LogP contribution in [0.25, 0.3) is 0 Å². The van der Waals surface area contributed by atoms with Crippen molar-refractivity contribution in [1.82, 2.24) is 10.3 Å². The van der Waals surface area contributed by atoms with Crippen molar-refractivity contribution in [2.24, 2.45) is 0 Å². The number of nitrogens with zero attached hydrogens (tertiary/aromatic N) is 1. The van der Waals surface area contributed by atoms with Crippen molar-refractivity contribution in [2.45, 2.75) is 38.1 Å². The van der Waals surface area contributed by atoms with Gasteiger partial charge in [0.15, 0.2) is 5.13 Å². The van der Waals surface area contributed by atoms with Gasteiger partial charge in [0.2, 0.25) is 0 Å². The van der Waals surface area contributed by atoms with E-state index in [0.29, 0.717) is 16.9 Å². The molecule has 1 saturated carbocycles. The van der Waals surface area contributed by atoms with Gasteiger partial charge >= 0.3 is 0 Å². The maximum absolute atomic E-state index is 11.7. The van der Waals surface area contributed by atoms with E-state index in [1.807, 2.05) is 0 Å². The third-order valence-electron chi connectivity index (χ3n) is 2.69. The predicted octanol–water partition coefficient (Wildman–Crippen LogP) is 1.79. The highest BCUT2D eigenvalue weighted by atomic mass is 32.1. The Balaban J connectivity index is 1.91. The summed E-state index contributed by atoms with van der Waals surface area (Å²) < 4.78 is 0. The fraction of sp³-hybridized carbons (Fsp3) is 0.600. The maximum Gasteiger partial charge on any atom is 0.271 e. The summed E-state index contributed by atoms with van der Waals surface area (Å²) in [5.41, 5.74) is 5.92. The van der Waals surface area contributed by atoms with Gasteiger partial charge in [-0.05, 0) is 12.8 Å². The van der Waals surface area contributed by atoms with E-state index < -0.39 is 0 Å². The third kappa shape index (κ3) is 2.68. The highest BCUT2D eigenvalue weighted by Crippen LogP contribution is 2.18. The lowest BCUT2D eigenvalue weighted by Gasteiger charge is -2.22. The summed E-state index contributed by atoms with van der Waals surface area (Å²) in [6.07, 6.45) is 5.89. The Bertz CT molecular complexity index is 344. The second-order valence-electron chi connectivity index (χ2n) is 3.88. The van der Waals surface area contributed by atoms with Gasteiger partial charge in [0.1, 0.15) is 5.69 Å². The van der Waals surface area contributed by atoms with Gasteiger partial charge in [0, 0.05) is 11.4 Å². The lowest BCUT2D eigenvalue weighted by atomic mass is 9.95. The monoisotopic (exact) mass is 225 g/mol. The van der Waals surface area contributed by atoms with E-state index in [0.717, 1.165) is 12.8 Å². The minimum atomic E-state index is -0.0881. The molecule has 0 saturated heterocycles. The van der Waals surface area contributed by atoms with Gasteiger partial charge in [0.05, 0.1) is 0 Å². The molecule has 0 radical (unpaired) electrons. The lowest BCUT2D eigenvalue weighted by Crippen LogP contribution is -2.36. The van der Waals surface area contributed by atoms with E-state index in [1.165, 1.54) is 30.6 Å². The van der Waals surface area contributed by atoms with Crippen molar-refractivity contribution in [3.05, 3.63) is 11.1 Å². The van der Waals surface area contributed by atoms with Crippen LogP contribution in [0.4, 0.5) is 5.13 Å². The number of anilines is 1. The van der Waals surface area contributed by atoms with Crippen LogP contribution in [-0.2, 0) is 0 Å². The zero-order chi connectivity index (χ0) is 10.7. The minimum absolute atomic E-state index is 0.0881. The van der Waals surface area contributed by atoms with Crippen LogP contribution in [0.15, 0.2) is 5.38 Å². The van der Waals surface area contributed by atoms with Crippen LogP contribution in [0.2, 0.25) is 0 Å². The zero-order valence-electron chi connectivity index (χ0n) is 8.53. The molecule has 1 heterocycles. The van der Waals surface area contributed by atoms with Gasteiger partial charge in [-0.2, -0.15) is 0 Å². The van der Waals surface area contributed by atoms with Crippen LogP contribution in [0.1, 0.15) is 42.6 Å². The molecular weight excluding hydrogens is 210 g/mol. The summed E-state index contributed by atoms with van der Waals surface area (Å²) in [6, 6.07) is 0.328. The molecule has 1 amide bonds. The summed E-state index contributed by atoms with van der Waals surface area (Å²) in [6.45, 7) is 0. The van der Waals surface area contributed by atoms with Crippen molar-refractivity contribution in [3.63, 3.8) is 0 Å². The largest absolute Gasteiger partial charge is 0.375 e. The van der Waals surface area contributed by atoms with Crippen LogP contribution in [-0.4, -0.2) is 16.9 Å². The van der Waals surface area contributed by atoms with Crippen molar-refractivity contribution >= 4 is 22.4 Å². The molecule has 3 N–H and O–H groups in total. The third-order valence-corrected chi connectivity index (χ3v) is 3.37. The Labute approximate surface area is 92.9 Å². The maximum atomic E-state index is 11.7. The molecule has 1 aromatic rings. The van der Waals surface area contributed by atoms with E-state index in [-0.39, 0.29) is 5.91 Å². The minimum Gasteiger partial charge on any atom is -0.375 e. The van der Waals surface area contributed by atoms with E-state index in [9.17, 15) is 4.79 Å². The molecule has 0 atom stereocenters. The Morgan fingerprint density at radius 2 is 2.20 bits per heavy atom. The molecule has 0 aliphatic heterocycles. The van der Waals surface area contributed by atoms with Crippen LogP contribution in [0.5, 0.6) is 0 Å². The fourth-order valence-electron chi connectivity index (χ4n) is 1.90. The molecule has 15 heavy (non-hydrogen) atoms. The number of carbonyl (C=O) groups is 1. The fourth-order valence-corrected chi connectivity index (χ4v) is 2.44. The van der Waals surface area contributed by atoms with E-state index in [1.54, 1.807) is 5.38 Å². The predicted molar refractivity (Wildman–Crippen MR) is 60.9 cm³/mol. The molecule has 5 heteroatoms. The number of hydrogen-bond acceptors (Lipinski definition) is 4. The summed E-state index contributed by atoms with van der Waals surface area (Å²) in [5.74, 6) is -0.0881. The smallest absolute Gasteiger partial charge is 0.271 e. The second-order valence-corrected chi connectivity index (χ2v) is 4.77. The molecule has 82 valence electrons. The highest BCUT2D eigenvalue weighted by molar-refractivity contribution is 7.13. The van der Waals surface area contributed by atoms with Gasteiger partial charge in [-0.15, -0.1) is 11.3 Å². The average Bonchev–Trinajstić information content (AvgIpc) is 2.66. The van der Waals surface area contributed by atoms with Crippen LogP contribution in [0, 0.1) is 0 Å². The number of hydrogen-bond donors (Lipinski definition) is 2. The second kappa shape index (κ2) is 4.61. The number of aromatic nitrogens is 1. The number of amides is 1. The molecule has 1 aliphatic carbocycles. The Kier molecular flexibility index (Phi) is 3.20. The van der Waals surface area contributed by atoms with Crippen molar-refractivity contribution in [2.75, 3.05) is 5.73 Å². The Morgan fingerprint density at radius 1 is 1.47 bits per heavy atom. The summed E-state index contributed by atoms with van der Waals surface area (Å²) in [7, 11) is 0. The van der Waals surface area contributed by atoms with Gasteiger partial charge in [0.25, 0.3) is 5.91 Å². The van der Waals surface area contributed by atoms with E-state index >= 15 is 0 Å². The van der Waals surface area contributed by atoms with Gasteiger partial charge in [-0.25, -0.2) is 4.98 Å². The zero-order valence-corrected chi connectivity index (χ0v) is 9.35. The number of nitrogens with one attached hydrogen (secondary N) is 1. The highest BCUT2D eigenvalue weighted by Gasteiger charge is 2.17. The SMILES string of the molecule is Nc1nc(C(=O)NC2CCCCC2)cs1. The molecule has 1 aromatic heterocycles. The standard InChI is InChI=1S/C10H15N3OS/c11-10-13-8(6-15-10)9(14)12-7-4-2-1-3-5-7/h6-7H,1-5H2,(H2,11,13)(H,12,14). The van der Waals surface area contributed by atoms with Crippen LogP contribution < -0.4 is 11.1 Å². The lowest BCUT2D eigenvalue weighted by molar-refractivity contribution is 0.0923. The van der Waals surface area contributed by atoms with E-state index in [2.05, 4.69) is 10.3 Å². The molecule has 0 bridgehead atoms. The first kappa shape index (κ1) is 10.4. The number of thiazole rings is 1. The molecule has 0 spiro atoms. The normalized spacial score (nSPS) is 17.6. The van der Waals surface area contributed by atoms with Crippen molar-refractivity contribution in [1.29, 1.82) is 0 Å². The van der Waals surface area contributed by atoms with Crippen molar-refractivity contribution < 1.29 is 4.79 Å². The quantitative estimate of drug-likeness (QED) is 0.806. The molecule has 4 nitrogen and oxygen atoms in total. The first-order chi connectivity index (χ1) is 7.25. The van der Waals surface area contributed by atoms with Gasteiger partial charge in [-0.3, -0.25) is 4.79 Å². The summed E-state index contributed by atoms with van der Waals surface area (Å²) in [4.78, 5) is 15.7. The van der Waals surface area contributed by atoms with Crippen LogP contribution in [0.3, 0.4) is 0 Å². The Hall–Kier alpha value is -1.10. The topological polar surface area (TPSA) is 68.0 Å². The number of carbonyl (C=O) groups excluding carboxylic acids is 1. The molecule has 2 rings (SSSR count). The molecule has 1 fully saturated rings. The summed E-state index contributed by atoms with van der Waals surface area (Å²) >= 11 is 1.30.